The Balaban J connectivity index is 2.03. The van der Waals surface area contributed by atoms with Gasteiger partial charge in [0.25, 0.3) is 0 Å². The van der Waals surface area contributed by atoms with Gasteiger partial charge in [0.2, 0.25) is 0 Å². The van der Waals surface area contributed by atoms with Gasteiger partial charge >= 0.3 is 0 Å². The second kappa shape index (κ2) is 4.69. The van der Waals surface area contributed by atoms with Crippen LogP contribution in [0.1, 0.15) is 56.1 Å². The number of aryl methyl sites for hydroxylation is 1. The molecule has 1 aliphatic carbocycles. The van der Waals surface area contributed by atoms with Crippen LogP contribution in [0.15, 0.2) is 18.2 Å². The number of aromatic hydroxyl groups is 1. The van der Waals surface area contributed by atoms with Crippen molar-refractivity contribution in [2.45, 2.75) is 51.4 Å². The fraction of sp³-hybridized carbons (Fsp3) is 0.571. The molecule has 1 aromatic rings. The fourth-order valence-electron chi connectivity index (χ4n) is 2.04. The average molecular weight is 204 g/mol. The van der Waals surface area contributed by atoms with E-state index in [4.69, 9.17) is 0 Å². The molecule has 0 saturated heterocycles. The highest BCUT2D eigenvalue weighted by atomic mass is 16.3. The molecule has 0 aromatic heterocycles. The van der Waals surface area contributed by atoms with Gasteiger partial charge in [0.05, 0.1) is 0 Å². The molecule has 0 aliphatic heterocycles. The number of unbranched alkanes of at least 4 members (excludes halogenated alkanes) is 2. The highest BCUT2D eigenvalue weighted by Crippen LogP contribution is 2.41. The molecule has 1 N–H and O–H groups in total. The minimum absolute atomic E-state index is 0.482. The molecule has 0 bridgehead atoms. The molecule has 0 atom stereocenters. The smallest absolute Gasteiger partial charge is 0.118 e. The molecule has 1 saturated carbocycles. The van der Waals surface area contributed by atoms with E-state index in [0.29, 0.717) is 5.75 Å². The molecular formula is C14H20O. The summed E-state index contributed by atoms with van der Waals surface area (Å²) >= 11 is 0. The van der Waals surface area contributed by atoms with Crippen molar-refractivity contribution in [1.29, 1.82) is 0 Å². The van der Waals surface area contributed by atoms with E-state index in [2.05, 4.69) is 19.1 Å². The Bertz CT molecular complexity index is 326. The van der Waals surface area contributed by atoms with E-state index in [9.17, 15) is 5.11 Å². The third-order valence-electron chi connectivity index (χ3n) is 3.20. The third-order valence-corrected chi connectivity index (χ3v) is 3.20. The van der Waals surface area contributed by atoms with Gasteiger partial charge < -0.3 is 5.11 Å². The van der Waals surface area contributed by atoms with E-state index >= 15 is 0 Å². The maximum Gasteiger partial charge on any atom is 0.118 e. The van der Waals surface area contributed by atoms with Gasteiger partial charge in [0.1, 0.15) is 5.75 Å². The zero-order chi connectivity index (χ0) is 10.7. The SMILES string of the molecule is CCCCCc1cc(C2CC2)ccc1O. The number of phenols is 1. The molecule has 1 nitrogen and oxygen atoms in total. The van der Waals surface area contributed by atoms with Gasteiger partial charge in [0, 0.05) is 0 Å². The van der Waals surface area contributed by atoms with Crippen LogP contribution in [0.3, 0.4) is 0 Å². The molecular weight excluding hydrogens is 184 g/mol. The summed E-state index contributed by atoms with van der Waals surface area (Å²) in [6, 6.07) is 6.16. The molecule has 82 valence electrons. The molecule has 15 heavy (non-hydrogen) atoms. The summed E-state index contributed by atoms with van der Waals surface area (Å²) in [5, 5.41) is 9.74. The van der Waals surface area contributed by atoms with Crippen LogP contribution in [-0.4, -0.2) is 5.11 Å². The van der Waals surface area contributed by atoms with Gasteiger partial charge in [0.15, 0.2) is 0 Å². The zero-order valence-corrected chi connectivity index (χ0v) is 9.50. The summed E-state index contributed by atoms with van der Waals surface area (Å²) in [5.74, 6) is 1.27. The second-order valence-electron chi connectivity index (χ2n) is 4.62. The van der Waals surface area contributed by atoms with Gasteiger partial charge in [-0.05, 0) is 48.8 Å². The van der Waals surface area contributed by atoms with Crippen LogP contribution >= 0.6 is 0 Å². The summed E-state index contributed by atoms with van der Waals surface area (Å²) in [6.45, 7) is 2.21. The van der Waals surface area contributed by atoms with Crippen LogP contribution in [0.25, 0.3) is 0 Å². The predicted octanol–water partition coefficient (Wildman–Crippen LogP) is 4.00. The first-order valence-electron chi connectivity index (χ1n) is 6.13. The van der Waals surface area contributed by atoms with E-state index in [1.54, 1.807) is 0 Å². The van der Waals surface area contributed by atoms with Crippen molar-refractivity contribution in [3.8, 4) is 5.75 Å². The Labute approximate surface area is 92.1 Å². The lowest BCUT2D eigenvalue weighted by Gasteiger charge is -2.06. The minimum atomic E-state index is 0.482. The molecule has 1 aromatic carbocycles. The molecule has 0 spiro atoms. The van der Waals surface area contributed by atoms with Gasteiger partial charge in [-0.3, -0.25) is 0 Å². The standard InChI is InChI=1S/C14H20O/c1-2-3-4-5-13-10-12(11-6-7-11)8-9-14(13)15/h8-11,15H,2-7H2,1H3. The van der Waals surface area contributed by atoms with Crippen LogP contribution in [0, 0.1) is 0 Å². The van der Waals surface area contributed by atoms with Gasteiger partial charge in [-0.15, -0.1) is 0 Å². The van der Waals surface area contributed by atoms with Crippen molar-refractivity contribution in [2.24, 2.45) is 0 Å². The van der Waals surface area contributed by atoms with Crippen molar-refractivity contribution >= 4 is 0 Å². The van der Waals surface area contributed by atoms with Crippen molar-refractivity contribution in [2.75, 3.05) is 0 Å². The Morgan fingerprint density at radius 2 is 2.07 bits per heavy atom. The van der Waals surface area contributed by atoms with E-state index in [-0.39, 0.29) is 0 Å². The van der Waals surface area contributed by atoms with Crippen LogP contribution in [-0.2, 0) is 6.42 Å². The lowest BCUT2D eigenvalue weighted by atomic mass is 10.0. The van der Waals surface area contributed by atoms with Crippen molar-refractivity contribution in [1.82, 2.24) is 0 Å². The summed E-state index contributed by atoms with van der Waals surface area (Å²) in [7, 11) is 0. The first kappa shape index (κ1) is 10.5. The van der Waals surface area contributed by atoms with Crippen molar-refractivity contribution < 1.29 is 5.11 Å². The summed E-state index contributed by atoms with van der Waals surface area (Å²) in [5.41, 5.74) is 2.58. The highest BCUT2D eigenvalue weighted by Gasteiger charge is 2.23. The number of hydrogen-bond acceptors (Lipinski definition) is 1. The lowest BCUT2D eigenvalue weighted by molar-refractivity contribution is 0.466. The second-order valence-corrected chi connectivity index (χ2v) is 4.62. The molecule has 2 rings (SSSR count). The average Bonchev–Trinajstić information content (AvgIpc) is 3.05. The Morgan fingerprint density at radius 3 is 2.73 bits per heavy atom. The molecule has 1 fully saturated rings. The fourth-order valence-corrected chi connectivity index (χ4v) is 2.04. The monoisotopic (exact) mass is 204 g/mol. The maximum atomic E-state index is 9.74. The van der Waals surface area contributed by atoms with E-state index in [1.165, 1.54) is 37.7 Å². The summed E-state index contributed by atoms with van der Waals surface area (Å²) in [6.07, 6.45) is 7.38. The van der Waals surface area contributed by atoms with Gasteiger partial charge in [-0.1, -0.05) is 31.9 Å². The first-order chi connectivity index (χ1) is 7.31. The number of phenolic OH excluding ortho intramolecular Hbond substituents is 1. The summed E-state index contributed by atoms with van der Waals surface area (Å²) < 4.78 is 0. The van der Waals surface area contributed by atoms with Gasteiger partial charge in [-0.25, -0.2) is 0 Å². The zero-order valence-electron chi connectivity index (χ0n) is 9.50. The van der Waals surface area contributed by atoms with Crippen LogP contribution < -0.4 is 0 Å². The summed E-state index contributed by atoms with van der Waals surface area (Å²) in [4.78, 5) is 0. The molecule has 0 radical (unpaired) electrons. The Kier molecular flexibility index (Phi) is 3.30. The normalized spacial score (nSPS) is 15.5. The molecule has 0 unspecified atom stereocenters. The van der Waals surface area contributed by atoms with E-state index < -0.39 is 0 Å². The maximum absolute atomic E-state index is 9.74. The first-order valence-corrected chi connectivity index (χ1v) is 6.13. The van der Waals surface area contributed by atoms with Crippen LogP contribution in [0.5, 0.6) is 5.75 Å². The lowest BCUT2D eigenvalue weighted by Crippen LogP contribution is -1.89. The number of benzene rings is 1. The Hall–Kier alpha value is -0.980. The Morgan fingerprint density at radius 1 is 1.27 bits per heavy atom. The molecule has 1 heteroatoms. The molecule has 0 heterocycles. The van der Waals surface area contributed by atoms with Crippen LogP contribution in [0.2, 0.25) is 0 Å². The quantitative estimate of drug-likeness (QED) is 0.719. The topological polar surface area (TPSA) is 20.2 Å². The minimum Gasteiger partial charge on any atom is -0.508 e. The molecule has 0 amide bonds. The number of rotatable bonds is 5. The van der Waals surface area contributed by atoms with Crippen molar-refractivity contribution in [3.63, 3.8) is 0 Å². The number of hydrogen-bond donors (Lipinski definition) is 1. The van der Waals surface area contributed by atoms with Crippen LogP contribution in [0.4, 0.5) is 0 Å². The largest absolute Gasteiger partial charge is 0.508 e. The van der Waals surface area contributed by atoms with Crippen molar-refractivity contribution in [3.05, 3.63) is 29.3 Å². The third kappa shape index (κ3) is 2.74. The molecule has 1 aliphatic rings. The highest BCUT2D eigenvalue weighted by molar-refractivity contribution is 5.38. The van der Waals surface area contributed by atoms with Gasteiger partial charge in [-0.2, -0.15) is 0 Å². The van der Waals surface area contributed by atoms with E-state index in [0.717, 1.165) is 17.9 Å². The van der Waals surface area contributed by atoms with E-state index in [1.807, 2.05) is 6.07 Å². The predicted molar refractivity (Wildman–Crippen MR) is 63.3 cm³/mol.